The van der Waals surface area contributed by atoms with E-state index in [0.717, 1.165) is 0 Å². The van der Waals surface area contributed by atoms with Gasteiger partial charge < -0.3 is 9.64 Å². The van der Waals surface area contributed by atoms with Crippen LogP contribution in [-0.2, 0) is 4.74 Å². The van der Waals surface area contributed by atoms with Crippen molar-refractivity contribution >= 4 is 17.5 Å². The number of ether oxygens (including phenoxy) is 1. The number of nitrogens with zero attached hydrogens (tertiary/aromatic N) is 1. The second-order valence-electron chi connectivity index (χ2n) is 4.53. The van der Waals surface area contributed by atoms with Crippen LogP contribution in [0.1, 0.15) is 24.2 Å². The first-order chi connectivity index (χ1) is 7.50. The Balaban J connectivity index is 2.22. The van der Waals surface area contributed by atoms with Crippen LogP contribution in [0.15, 0.2) is 24.3 Å². The fourth-order valence-electron chi connectivity index (χ4n) is 1.72. The second kappa shape index (κ2) is 4.07. The highest BCUT2D eigenvalue weighted by Gasteiger charge is 2.36. The van der Waals surface area contributed by atoms with Gasteiger partial charge in [0.25, 0.3) is 5.91 Å². The van der Waals surface area contributed by atoms with E-state index in [9.17, 15) is 4.79 Å². The predicted octanol–water partition coefficient (Wildman–Crippen LogP) is 2.55. The van der Waals surface area contributed by atoms with Crippen molar-refractivity contribution in [3.8, 4) is 0 Å². The molecule has 1 aromatic carbocycles. The van der Waals surface area contributed by atoms with Crippen LogP contribution in [0.2, 0.25) is 5.02 Å². The van der Waals surface area contributed by atoms with E-state index in [1.807, 2.05) is 13.8 Å². The van der Waals surface area contributed by atoms with Crippen molar-refractivity contribution in [1.29, 1.82) is 0 Å². The van der Waals surface area contributed by atoms with E-state index in [4.69, 9.17) is 16.3 Å². The van der Waals surface area contributed by atoms with Crippen LogP contribution in [0.5, 0.6) is 0 Å². The molecule has 0 unspecified atom stereocenters. The molecule has 0 bridgehead atoms. The Bertz CT molecular complexity index is 400. The number of halogens is 1. The Morgan fingerprint density at radius 1 is 1.38 bits per heavy atom. The van der Waals surface area contributed by atoms with Crippen LogP contribution in [0.25, 0.3) is 0 Å². The lowest BCUT2D eigenvalue weighted by molar-refractivity contribution is 0.0605. The fraction of sp³-hybridized carbons (Fsp3) is 0.417. The number of benzene rings is 1. The summed E-state index contributed by atoms with van der Waals surface area (Å²) in [5.74, 6) is -0.0147. The minimum atomic E-state index is -0.239. The zero-order chi connectivity index (χ0) is 11.8. The topological polar surface area (TPSA) is 29.5 Å². The van der Waals surface area contributed by atoms with E-state index in [-0.39, 0.29) is 11.4 Å². The molecule has 1 aromatic rings. The van der Waals surface area contributed by atoms with Gasteiger partial charge in [-0.1, -0.05) is 11.6 Å². The van der Waals surface area contributed by atoms with Gasteiger partial charge >= 0.3 is 0 Å². The average Bonchev–Trinajstić information content (AvgIpc) is 2.58. The molecule has 2 rings (SSSR count). The van der Waals surface area contributed by atoms with Crippen LogP contribution < -0.4 is 0 Å². The van der Waals surface area contributed by atoms with Crippen LogP contribution in [-0.4, -0.2) is 29.7 Å². The smallest absolute Gasteiger partial charge is 0.256 e. The third-order valence-corrected chi connectivity index (χ3v) is 2.99. The first-order valence-corrected chi connectivity index (χ1v) is 5.54. The van der Waals surface area contributed by atoms with Crippen molar-refractivity contribution in [1.82, 2.24) is 4.90 Å². The SMILES string of the molecule is CC1(C)COCN1C(=O)c1ccc(Cl)cc1. The summed E-state index contributed by atoms with van der Waals surface area (Å²) in [4.78, 5) is 13.9. The van der Waals surface area contributed by atoms with E-state index in [2.05, 4.69) is 0 Å². The molecule has 1 amide bonds. The summed E-state index contributed by atoms with van der Waals surface area (Å²) >= 11 is 5.78. The molecule has 0 aliphatic carbocycles. The van der Waals surface area contributed by atoms with Crippen molar-refractivity contribution in [2.45, 2.75) is 19.4 Å². The molecule has 0 saturated carbocycles. The molecule has 1 aliphatic heterocycles. The van der Waals surface area contributed by atoms with Crippen LogP contribution in [0, 0.1) is 0 Å². The largest absolute Gasteiger partial charge is 0.359 e. The molecule has 0 N–H and O–H groups in total. The highest BCUT2D eigenvalue weighted by atomic mass is 35.5. The molecule has 1 fully saturated rings. The lowest BCUT2D eigenvalue weighted by atomic mass is 10.0. The summed E-state index contributed by atoms with van der Waals surface area (Å²) in [6.07, 6.45) is 0. The van der Waals surface area contributed by atoms with Gasteiger partial charge in [0, 0.05) is 10.6 Å². The molecule has 0 aromatic heterocycles. The van der Waals surface area contributed by atoms with Crippen LogP contribution >= 0.6 is 11.6 Å². The van der Waals surface area contributed by atoms with E-state index >= 15 is 0 Å². The third kappa shape index (κ3) is 2.06. The first kappa shape index (κ1) is 11.4. The molecule has 1 aliphatic rings. The quantitative estimate of drug-likeness (QED) is 0.754. The maximum atomic E-state index is 12.2. The Labute approximate surface area is 100.0 Å². The van der Waals surface area contributed by atoms with Gasteiger partial charge in [-0.15, -0.1) is 0 Å². The van der Waals surface area contributed by atoms with E-state index in [1.165, 1.54) is 0 Å². The highest BCUT2D eigenvalue weighted by Crippen LogP contribution is 2.24. The molecule has 0 atom stereocenters. The van der Waals surface area contributed by atoms with Crippen molar-refractivity contribution in [2.24, 2.45) is 0 Å². The maximum Gasteiger partial charge on any atom is 0.256 e. The van der Waals surface area contributed by atoms with Gasteiger partial charge in [-0.3, -0.25) is 4.79 Å². The summed E-state index contributed by atoms with van der Waals surface area (Å²) in [5.41, 5.74) is 0.402. The highest BCUT2D eigenvalue weighted by molar-refractivity contribution is 6.30. The van der Waals surface area contributed by atoms with Gasteiger partial charge in [-0.25, -0.2) is 0 Å². The molecular formula is C12H14ClNO2. The predicted molar refractivity (Wildman–Crippen MR) is 62.5 cm³/mol. The minimum absolute atomic E-state index is 0.0147. The Morgan fingerprint density at radius 3 is 2.50 bits per heavy atom. The fourth-order valence-corrected chi connectivity index (χ4v) is 1.85. The standard InChI is InChI=1S/C12H14ClNO2/c1-12(2)7-16-8-14(12)11(15)9-3-5-10(13)6-4-9/h3-6H,7-8H2,1-2H3. The van der Waals surface area contributed by atoms with Gasteiger partial charge in [0.2, 0.25) is 0 Å². The Hall–Kier alpha value is -1.06. The van der Waals surface area contributed by atoms with Crippen LogP contribution in [0.3, 0.4) is 0 Å². The summed E-state index contributed by atoms with van der Waals surface area (Å²) in [5, 5.41) is 0.633. The van der Waals surface area contributed by atoms with Crippen molar-refractivity contribution < 1.29 is 9.53 Å². The van der Waals surface area contributed by atoms with Crippen molar-refractivity contribution in [3.05, 3.63) is 34.9 Å². The van der Waals surface area contributed by atoms with Gasteiger partial charge in [0.1, 0.15) is 6.73 Å². The number of amides is 1. The normalized spacial score (nSPS) is 18.8. The van der Waals surface area contributed by atoms with E-state index in [1.54, 1.807) is 29.2 Å². The number of hydrogen-bond acceptors (Lipinski definition) is 2. The molecule has 1 heterocycles. The molecule has 0 spiro atoms. The van der Waals surface area contributed by atoms with Gasteiger partial charge in [0.15, 0.2) is 0 Å². The Kier molecular flexibility index (Phi) is 2.91. The number of hydrogen-bond donors (Lipinski definition) is 0. The van der Waals surface area contributed by atoms with Crippen molar-refractivity contribution in [3.63, 3.8) is 0 Å². The summed E-state index contributed by atoms with van der Waals surface area (Å²) in [7, 11) is 0. The molecular weight excluding hydrogens is 226 g/mol. The molecule has 16 heavy (non-hydrogen) atoms. The van der Waals surface area contributed by atoms with Gasteiger partial charge in [-0.05, 0) is 38.1 Å². The third-order valence-electron chi connectivity index (χ3n) is 2.74. The number of carbonyl (C=O) groups excluding carboxylic acids is 1. The summed E-state index contributed by atoms with van der Waals surface area (Å²) in [6, 6.07) is 6.91. The number of rotatable bonds is 1. The minimum Gasteiger partial charge on any atom is -0.359 e. The zero-order valence-electron chi connectivity index (χ0n) is 9.37. The van der Waals surface area contributed by atoms with E-state index in [0.29, 0.717) is 23.9 Å². The molecule has 86 valence electrons. The number of carbonyl (C=O) groups is 1. The molecule has 3 nitrogen and oxygen atoms in total. The first-order valence-electron chi connectivity index (χ1n) is 5.16. The summed E-state index contributed by atoms with van der Waals surface area (Å²) < 4.78 is 5.32. The molecule has 1 saturated heterocycles. The lowest BCUT2D eigenvalue weighted by Gasteiger charge is -2.29. The summed E-state index contributed by atoms with van der Waals surface area (Å²) in [6.45, 7) is 4.92. The monoisotopic (exact) mass is 239 g/mol. The lowest BCUT2D eigenvalue weighted by Crippen LogP contribution is -2.44. The maximum absolute atomic E-state index is 12.2. The average molecular weight is 240 g/mol. The van der Waals surface area contributed by atoms with E-state index < -0.39 is 0 Å². The Morgan fingerprint density at radius 2 is 2.00 bits per heavy atom. The van der Waals surface area contributed by atoms with Gasteiger partial charge in [-0.2, -0.15) is 0 Å². The van der Waals surface area contributed by atoms with Crippen molar-refractivity contribution in [2.75, 3.05) is 13.3 Å². The molecule has 0 radical (unpaired) electrons. The second-order valence-corrected chi connectivity index (χ2v) is 4.97. The zero-order valence-corrected chi connectivity index (χ0v) is 10.1. The molecule has 4 heteroatoms. The van der Waals surface area contributed by atoms with Crippen LogP contribution in [0.4, 0.5) is 0 Å². The van der Waals surface area contributed by atoms with Gasteiger partial charge in [0.05, 0.1) is 12.1 Å².